The maximum atomic E-state index is 14.6. The van der Waals surface area contributed by atoms with Crippen LogP contribution in [0.1, 0.15) is 12.5 Å². The van der Waals surface area contributed by atoms with Crippen LogP contribution in [-0.2, 0) is 14.9 Å². The molecule has 0 radical (unpaired) electrons. The molecule has 2 aliphatic heterocycles. The molecule has 3 heterocycles. The summed E-state index contributed by atoms with van der Waals surface area (Å²) in [6, 6.07) is 9.10. The quantitative estimate of drug-likeness (QED) is 0.669. The van der Waals surface area contributed by atoms with E-state index < -0.39 is 23.9 Å². The standard InChI is InChI=1S/C17H20FN7O3S/c1-17(11-5-3-2-4-6-11,12-9-19-16(27)28-12)14(26)21-24-7-8-25(13(18)10-24)15-20-22-23-29-15/h2-6,12-13H,7-10H2,1H3,(H,19,27)(H,21,26). The highest BCUT2D eigenvalue weighted by atomic mass is 32.1. The molecule has 2 fully saturated rings. The fraction of sp³-hybridized carbons (Fsp3) is 0.471. The molecule has 1 aromatic heterocycles. The van der Waals surface area contributed by atoms with Crippen molar-refractivity contribution >= 4 is 28.7 Å². The summed E-state index contributed by atoms with van der Waals surface area (Å²) in [4.78, 5) is 26.4. The van der Waals surface area contributed by atoms with E-state index in [4.69, 9.17) is 4.74 Å². The predicted octanol–water partition coefficient (Wildman–Crippen LogP) is 0.448. The van der Waals surface area contributed by atoms with Gasteiger partial charge in [-0.15, -0.1) is 0 Å². The number of alkyl halides is 1. The Morgan fingerprint density at radius 2 is 2.17 bits per heavy atom. The number of alkyl carbamates (subject to hydrolysis) is 1. The number of carbonyl (C=O) groups is 2. The molecule has 1 aromatic carbocycles. The molecular weight excluding hydrogens is 401 g/mol. The minimum atomic E-state index is -1.37. The van der Waals surface area contributed by atoms with Crippen LogP contribution in [0.5, 0.6) is 0 Å². The molecule has 2 N–H and O–H groups in total. The summed E-state index contributed by atoms with van der Waals surface area (Å²) in [5.74, 6) is -0.372. The average Bonchev–Trinajstić information content (AvgIpc) is 3.40. The van der Waals surface area contributed by atoms with E-state index in [9.17, 15) is 14.0 Å². The van der Waals surface area contributed by atoms with E-state index in [2.05, 4.69) is 25.5 Å². The largest absolute Gasteiger partial charge is 0.443 e. The Balaban J connectivity index is 1.49. The smallest absolute Gasteiger partial charge is 0.407 e. The highest BCUT2D eigenvalue weighted by molar-refractivity contribution is 7.09. The van der Waals surface area contributed by atoms with Gasteiger partial charge in [0.05, 0.1) is 13.1 Å². The van der Waals surface area contributed by atoms with Crippen molar-refractivity contribution in [3.8, 4) is 0 Å². The summed E-state index contributed by atoms with van der Waals surface area (Å²) in [7, 11) is 0. The highest BCUT2D eigenvalue weighted by Gasteiger charge is 2.48. The molecule has 2 aromatic rings. The highest BCUT2D eigenvalue weighted by Crippen LogP contribution is 2.32. The third-order valence-corrected chi connectivity index (χ3v) is 5.92. The van der Waals surface area contributed by atoms with Crippen LogP contribution in [0.2, 0.25) is 0 Å². The number of benzene rings is 1. The molecule has 154 valence electrons. The first-order valence-corrected chi connectivity index (χ1v) is 9.87. The number of cyclic esters (lactones) is 1. The molecule has 2 aliphatic rings. The molecule has 2 saturated heterocycles. The number of amides is 2. The number of nitrogens with zero attached hydrogens (tertiary/aromatic N) is 5. The van der Waals surface area contributed by atoms with Gasteiger partial charge in [-0.3, -0.25) is 10.2 Å². The fourth-order valence-corrected chi connectivity index (χ4v) is 4.04. The Morgan fingerprint density at radius 3 is 2.79 bits per heavy atom. The summed E-state index contributed by atoms with van der Waals surface area (Å²) in [5.41, 5.74) is 2.36. The molecule has 3 unspecified atom stereocenters. The molecule has 29 heavy (non-hydrogen) atoms. The number of piperazine rings is 1. The number of hydrazine groups is 1. The normalized spacial score (nSPS) is 24.5. The van der Waals surface area contributed by atoms with Crippen LogP contribution in [0.4, 0.5) is 14.3 Å². The number of hydrogen-bond acceptors (Lipinski definition) is 9. The van der Waals surface area contributed by atoms with E-state index in [1.165, 1.54) is 9.91 Å². The SMILES string of the molecule is CC(C(=O)NN1CCN(c2nnns2)C(F)C1)(c1ccccc1)C1CNC(=O)O1. The minimum Gasteiger partial charge on any atom is -0.443 e. The second-order valence-corrected chi connectivity index (χ2v) is 7.71. The van der Waals surface area contributed by atoms with Crippen molar-refractivity contribution in [3.63, 3.8) is 0 Å². The lowest BCUT2D eigenvalue weighted by Gasteiger charge is -2.39. The van der Waals surface area contributed by atoms with Crippen LogP contribution in [0.15, 0.2) is 30.3 Å². The molecule has 2 amide bonds. The Morgan fingerprint density at radius 1 is 1.38 bits per heavy atom. The molecule has 0 spiro atoms. The molecule has 12 heteroatoms. The Labute approximate surface area is 170 Å². The van der Waals surface area contributed by atoms with Gasteiger partial charge in [-0.05, 0) is 17.7 Å². The van der Waals surface area contributed by atoms with Crippen molar-refractivity contribution in [2.75, 3.05) is 31.1 Å². The Kier molecular flexibility index (Phi) is 5.28. The first kappa shape index (κ1) is 19.5. The average molecular weight is 421 g/mol. The van der Waals surface area contributed by atoms with Crippen molar-refractivity contribution in [2.45, 2.75) is 24.7 Å². The van der Waals surface area contributed by atoms with E-state index in [-0.39, 0.29) is 19.0 Å². The molecule has 0 saturated carbocycles. The van der Waals surface area contributed by atoms with Crippen LogP contribution >= 0.6 is 11.5 Å². The third kappa shape index (κ3) is 3.72. The van der Waals surface area contributed by atoms with Crippen LogP contribution < -0.4 is 15.6 Å². The second kappa shape index (κ2) is 7.87. The van der Waals surface area contributed by atoms with Gasteiger partial charge in [0.1, 0.15) is 11.5 Å². The Bertz CT molecular complexity index is 871. The van der Waals surface area contributed by atoms with Crippen molar-refractivity contribution in [1.82, 2.24) is 30.6 Å². The van der Waals surface area contributed by atoms with Gasteiger partial charge >= 0.3 is 6.09 Å². The van der Waals surface area contributed by atoms with Gasteiger partial charge < -0.3 is 15.0 Å². The zero-order valence-electron chi connectivity index (χ0n) is 15.6. The second-order valence-electron chi connectivity index (χ2n) is 7.00. The van der Waals surface area contributed by atoms with E-state index in [0.717, 1.165) is 11.5 Å². The van der Waals surface area contributed by atoms with Crippen molar-refractivity contribution in [3.05, 3.63) is 35.9 Å². The molecule has 4 rings (SSSR count). The van der Waals surface area contributed by atoms with E-state index in [1.807, 2.05) is 30.3 Å². The number of halogens is 1. The number of rotatable bonds is 5. The van der Waals surface area contributed by atoms with Crippen molar-refractivity contribution < 1.29 is 18.7 Å². The monoisotopic (exact) mass is 421 g/mol. The molecule has 10 nitrogen and oxygen atoms in total. The van der Waals surface area contributed by atoms with Crippen LogP contribution in [0.3, 0.4) is 0 Å². The minimum absolute atomic E-state index is 0.0428. The topological polar surface area (TPSA) is 113 Å². The van der Waals surface area contributed by atoms with E-state index in [0.29, 0.717) is 23.8 Å². The zero-order valence-corrected chi connectivity index (χ0v) is 16.4. The summed E-state index contributed by atoms with van der Waals surface area (Å²) in [5, 5.41) is 11.8. The first-order valence-electron chi connectivity index (χ1n) is 9.10. The van der Waals surface area contributed by atoms with E-state index >= 15 is 0 Å². The summed E-state index contributed by atoms with van der Waals surface area (Å²) in [6.45, 7) is 2.60. The first-order chi connectivity index (χ1) is 14.0. The third-order valence-electron chi connectivity index (χ3n) is 5.28. The molecule has 0 aliphatic carbocycles. The fourth-order valence-electron chi connectivity index (χ4n) is 3.51. The molecular formula is C17H20FN7O3S. The number of ether oxygens (including phenoxy) is 1. The summed E-state index contributed by atoms with van der Waals surface area (Å²) in [6.07, 6.45) is -2.62. The lowest BCUT2D eigenvalue weighted by Crippen LogP contribution is -2.61. The van der Waals surface area contributed by atoms with Gasteiger partial charge in [-0.1, -0.05) is 39.9 Å². The van der Waals surface area contributed by atoms with Gasteiger partial charge in [-0.2, -0.15) is 0 Å². The maximum Gasteiger partial charge on any atom is 0.407 e. The van der Waals surface area contributed by atoms with E-state index in [1.54, 1.807) is 6.92 Å². The van der Waals surface area contributed by atoms with Gasteiger partial charge in [0.2, 0.25) is 11.0 Å². The molecule has 3 atom stereocenters. The van der Waals surface area contributed by atoms with Crippen LogP contribution in [-0.4, -0.2) is 70.4 Å². The predicted molar refractivity (Wildman–Crippen MR) is 102 cm³/mol. The van der Waals surface area contributed by atoms with Crippen molar-refractivity contribution in [1.29, 1.82) is 0 Å². The lowest BCUT2D eigenvalue weighted by atomic mass is 9.76. The zero-order chi connectivity index (χ0) is 20.4. The number of aromatic nitrogens is 3. The van der Waals surface area contributed by atoms with Crippen molar-refractivity contribution in [2.24, 2.45) is 0 Å². The van der Waals surface area contributed by atoms with Crippen LogP contribution in [0.25, 0.3) is 0 Å². The number of carbonyl (C=O) groups excluding carboxylic acids is 2. The van der Waals surface area contributed by atoms with Crippen LogP contribution in [0, 0.1) is 0 Å². The molecule has 0 bridgehead atoms. The summed E-state index contributed by atoms with van der Waals surface area (Å²) >= 11 is 1.02. The number of hydrogen-bond donors (Lipinski definition) is 2. The van der Waals surface area contributed by atoms with Gasteiger partial charge in [-0.25, -0.2) is 14.2 Å². The number of nitrogens with one attached hydrogen (secondary N) is 2. The maximum absolute atomic E-state index is 14.6. The van der Waals surface area contributed by atoms with Gasteiger partial charge in [0, 0.05) is 24.6 Å². The van der Waals surface area contributed by atoms with Gasteiger partial charge in [0.15, 0.2) is 6.30 Å². The summed E-state index contributed by atoms with van der Waals surface area (Å²) < 4.78 is 23.7. The Hall–Kier alpha value is -2.86. The van der Waals surface area contributed by atoms with Gasteiger partial charge in [0.25, 0.3) is 0 Å². The lowest BCUT2D eigenvalue weighted by molar-refractivity contribution is -0.135. The number of anilines is 1.